The van der Waals surface area contributed by atoms with Crippen LogP contribution in [0.1, 0.15) is 22.5 Å². The molecule has 0 radical (unpaired) electrons. The minimum absolute atomic E-state index is 0.0526. The molecule has 8 heteroatoms. The Morgan fingerprint density at radius 3 is 2.73 bits per heavy atom. The smallest absolute Gasteiger partial charge is 0.257 e. The molecule has 0 saturated carbocycles. The number of nitrogens with zero attached hydrogens (tertiary/aromatic N) is 7. The minimum atomic E-state index is 0.0526. The second kappa shape index (κ2) is 6.70. The molecule has 134 valence electrons. The zero-order chi connectivity index (χ0) is 18.1. The van der Waals surface area contributed by atoms with Gasteiger partial charge in [-0.05, 0) is 18.8 Å². The number of carbonyl (C=O) groups is 1. The number of hydrogen-bond acceptors (Lipinski definition) is 5. The second-order valence-corrected chi connectivity index (χ2v) is 6.77. The number of aryl methyl sites for hydroxylation is 2. The van der Waals surface area contributed by atoms with Crippen LogP contribution in [0.4, 0.5) is 0 Å². The molecule has 1 aliphatic rings. The lowest BCUT2D eigenvalue weighted by Crippen LogP contribution is -2.28. The van der Waals surface area contributed by atoms with Gasteiger partial charge in [0.2, 0.25) is 0 Å². The molecule has 0 aromatic carbocycles. The Kier molecular flexibility index (Phi) is 4.24. The molecule has 1 atom stereocenters. The zero-order valence-corrected chi connectivity index (χ0v) is 14.9. The van der Waals surface area contributed by atoms with Crippen LogP contribution in [0.2, 0.25) is 0 Å². The van der Waals surface area contributed by atoms with E-state index in [1.54, 1.807) is 29.5 Å². The molecule has 1 amide bonds. The Hall–Kier alpha value is -3.03. The first-order chi connectivity index (χ1) is 12.6. The predicted octanol–water partition coefficient (Wildman–Crippen LogP) is 1.32. The van der Waals surface area contributed by atoms with Crippen LogP contribution >= 0.6 is 0 Å². The monoisotopic (exact) mass is 351 g/mol. The van der Waals surface area contributed by atoms with E-state index in [0.717, 1.165) is 43.1 Å². The summed E-state index contributed by atoms with van der Waals surface area (Å²) in [5.74, 6) is 1.26. The molecule has 3 aromatic heterocycles. The van der Waals surface area contributed by atoms with Crippen molar-refractivity contribution in [2.45, 2.75) is 12.8 Å². The van der Waals surface area contributed by atoms with Gasteiger partial charge in [0.1, 0.15) is 5.69 Å². The third kappa shape index (κ3) is 3.22. The van der Waals surface area contributed by atoms with E-state index in [1.165, 1.54) is 0 Å². The van der Waals surface area contributed by atoms with Crippen LogP contribution in [0.5, 0.6) is 0 Å². The highest BCUT2D eigenvalue weighted by Crippen LogP contribution is 2.22. The highest BCUT2D eigenvalue weighted by molar-refractivity contribution is 5.93. The fourth-order valence-electron chi connectivity index (χ4n) is 3.38. The number of hydrogen-bond donors (Lipinski definition) is 0. The summed E-state index contributed by atoms with van der Waals surface area (Å²) in [5.41, 5.74) is 2.36. The molecule has 0 N–H and O–H groups in total. The standard InChI is InChI=1S/C18H21N7O/c1-23-6-4-19-17(23)16-10-20-15(9-21-16)7-13-3-5-25(11-13)18(26)14-8-22-24(2)12-14/h4,6,8-10,12-13H,3,5,7,11H2,1-2H3/t13-/m0/s1. The van der Waals surface area contributed by atoms with Crippen LogP contribution in [0.3, 0.4) is 0 Å². The molecule has 0 aliphatic carbocycles. The normalized spacial score (nSPS) is 17.0. The Morgan fingerprint density at radius 1 is 1.19 bits per heavy atom. The van der Waals surface area contributed by atoms with Gasteiger partial charge < -0.3 is 9.47 Å². The summed E-state index contributed by atoms with van der Waals surface area (Å²) in [6.45, 7) is 1.52. The lowest BCUT2D eigenvalue weighted by atomic mass is 10.0. The average Bonchev–Trinajstić information content (AvgIpc) is 3.37. The SMILES string of the molecule is Cn1cc(C(=O)N2CC[C@@H](Cc3cnc(-c4nccn4C)cn3)C2)cn1. The van der Waals surface area contributed by atoms with E-state index >= 15 is 0 Å². The third-order valence-corrected chi connectivity index (χ3v) is 4.78. The summed E-state index contributed by atoms with van der Waals surface area (Å²) in [6.07, 6.45) is 12.4. The van der Waals surface area contributed by atoms with E-state index < -0.39 is 0 Å². The van der Waals surface area contributed by atoms with Crippen molar-refractivity contribution in [3.05, 3.63) is 48.4 Å². The summed E-state index contributed by atoms with van der Waals surface area (Å²) < 4.78 is 3.57. The number of carbonyl (C=O) groups excluding carboxylic acids is 1. The number of aromatic nitrogens is 6. The fourth-order valence-corrected chi connectivity index (χ4v) is 3.38. The topological polar surface area (TPSA) is 81.7 Å². The maximum Gasteiger partial charge on any atom is 0.257 e. The zero-order valence-electron chi connectivity index (χ0n) is 14.9. The quantitative estimate of drug-likeness (QED) is 0.708. The highest BCUT2D eigenvalue weighted by atomic mass is 16.2. The van der Waals surface area contributed by atoms with Crippen LogP contribution in [0, 0.1) is 5.92 Å². The highest BCUT2D eigenvalue weighted by Gasteiger charge is 2.28. The molecule has 4 rings (SSSR count). The maximum absolute atomic E-state index is 12.5. The van der Waals surface area contributed by atoms with Crippen molar-refractivity contribution in [2.75, 3.05) is 13.1 Å². The first-order valence-electron chi connectivity index (χ1n) is 8.66. The first-order valence-corrected chi connectivity index (χ1v) is 8.66. The van der Waals surface area contributed by atoms with Gasteiger partial charge in [-0.3, -0.25) is 14.5 Å². The number of likely N-dealkylation sites (tertiary alicyclic amines) is 1. The molecule has 0 spiro atoms. The summed E-state index contributed by atoms with van der Waals surface area (Å²) in [5, 5.41) is 4.08. The number of amides is 1. The van der Waals surface area contributed by atoms with Gasteiger partial charge in [0, 0.05) is 52.0 Å². The van der Waals surface area contributed by atoms with Crippen LogP contribution in [-0.2, 0) is 20.5 Å². The van der Waals surface area contributed by atoms with Crippen molar-refractivity contribution in [2.24, 2.45) is 20.0 Å². The molecule has 4 heterocycles. The lowest BCUT2D eigenvalue weighted by Gasteiger charge is -2.15. The van der Waals surface area contributed by atoms with Crippen molar-refractivity contribution in [1.82, 2.24) is 34.2 Å². The lowest BCUT2D eigenvalue weighted by molar-refractivity contribution is 0.0787. The molecular weight excluding hydrogens is 330 g/mol. The van der Waals surface area contributed by atoms with Crippen molar-refractivity contribution in [3.63, 3.8) is 0 Å². The van der Waals surface area contributed by atoms with E-state index in [1.807, 2.05) is 36.0 Å². The van der Waals surface area contributed by atoms with Crippen LogP contribution in [0.15, 0.2) is 37.2 Å². The van der Waals surface area contributed by atoms with Crippen LogP contribution in [0.25, 0.3) is 11.5 Å². The molecule has 8 nitrogen and oxygen atoms in total. The van der Waals surface area contributed by atoms with Crippen molar-refractivity contribution < 1.29 is 4.79 Å². The average molecular weight is 351 g/mol. The van der Waals surface area contributed by atoms with Gasteiger partial charge in [-0.15, -0.1) is 0 Å². The molecular formula is C18H21N7O. The van der Waals surface area contributed by atoms with Crippen LogP contribution < -0.4 is 0 Å². The number of imidazole rings is 1. The molecule has 1 fully saturated rings. The Balaban J connectivity index is 1.38. The van der Waals surface area contributed by atoms with E-state index in [-0.39, 0.29) is 5.91 Å². The predicted molar refractivity (Wildman–Crippen MR) is 95.2 cm³/mol. The molecule has 0 bridgehead atoms. The van der Waals surface area contributed by atoms with Crippen molar-refractivity contribution in [3.8, 4) is 11.5 Å². The van der Waals surface area contributed by atoms with E-state index in [4.69, 9.17) is 0 Å². The maximum atomic E-state index is 12.5. The van der Waals surface area contributed by atoms with Gasteiger partial charge in [0.15, 0.2) is 5.82 Å². The first kappa shape index (κ1) is 16.4. The van der Waals surface area contributed by atoms with Gasteiger partial charge in [-0.2, -0.15) is 5.10 Å². The molecule has 1 aliphatic heterocycles. The summed E-state index contributed by atoms with van der Waals surface area (Å²) in [7, 11) is 3.75. The molecule has 0 unspecified atom stereocenters. The number of rotatable bonds is 4. The molecule has 26 heavy (non-hydrogen) atoms. The Bertz CT molecular complexity index is 912. The third-order valence-electron chi connectivity index (χ3n) is 4.78. The van der Waals surface area contributed by atoms with Gasteiger partial charge in [-0.1, -0.05) is 0 Å². The minimum Gasteiger partial charge on any atom is -0.338 e. The second-order valence-electron chi connectivity index (χ2n) is 6.77. The summed E-state index contributed by atoms with van der Waals surface area (Å²) in [6, 6.07) is 0. The molecule has 3 aromatic rings. The van der Waals surface area contributed by atoms with Crippen molar-refractivity contribution >= 4 is 5.91 Å². The van der Waals surface area contributed by atoms with E-state index in [2.05, 4.69) is 20.1 Å². The van der Waals surface area contributed by atoms with Crippen LogP contribution in [-0.4, -0.2) is 53.2 Å². The fraction of sp³-hybridized carbons (Fsp3) is 0.389. The van der Waals surface area contributed by atoms with E-state index in [0.29, 0.717) is 11.5 Å². The van der Waals surface area contributed by atoms with Gasteiger partial charge in [-0.25, -0.2) is 9.97 Å². The Labute approximate surface area is 151 Å². The van der Waals surface area contributed by atoms with Gasteiger partial charge >= 0.3 is 0 Å². The summed E-state index contributed by atoms with van der Waals surface area (Å²) in [4.78, 5) is 27.7. The largest absolute Gasteiger partial charge is 0.338 e. The van der Waals surface area contributed by atoms with Gasteiger partial charge in [0.05, 0.1) is 23.7 Å². The Morgan fingerprint density at radius 2 is 2.08 bits per heavy atom. The summed E-state index contributed by atoms with van der Waals surface area (Å²) >= 11 is 0. The molecule has 1 saturated heterocycles. The van der Waals surface area contributed by atoms with Gasteiger partial charge in [0.25, 0.3) is 5.91 Å². The van der Waals surface area contributed by atoms with E-state index in [9.17, 15) is 4.79 Å². The van der Waals surface area contributed by atoms with Crippen molar-refractivity contribution in [1.29, 1.82) is 0 Å².